The third kappa shape index (κ3) is 2.69. The van der Waals surface area contributed by atoms with Gasteiger partial charge < -0.3 is 19.8 Å². The molecule has 2 fully saturated rings. The van der Waals surface area contributed by atoms with Crippen LogP contribution in [0.4, 0.5) is 0 Å². The molecule has 1 aromatic rings. The van der Waals surface area contributed by atoms with Crippen molar-refractivity contribution in [3.05, 3.63) is 22.8 Å². The number of aliphatic hydroxyl groups is 1. The van der Waals surface area contributed by atoms with Crippen molar-refractivity contribution in [3.8, 4) is 11.5 Å². The summed E-state index contributed by atoms with van der Waals surface area (Å²) < 4.78 is 7.16. The van der Waals surface area contributed by atoms with Crippen molar-refractivity contribution in [2.75, 3.05) is 6.54 Å². The van der Waals surface area contributed by atoms with Crippen LogP contribution in [0, 0.1) is 22.7 Å². The normalized spacial score (nSPS) is 37.2. The molecular weight excluding hydrogens is 402 g/mol. The Morgan fingerprint density at radius 2 is 1.94 bits per heavy atom. The number of aliphatic hydroxyl groups excluding tert-OH is 1. The van der Waals surface area contributed by atoms with Crippen LogP contribution >= 0.6 is 0 Å². The largest absolute Gasteiger partial charge is 0.508 e. The summed E-state index contributed by atoms with van der Waals surface area (Å²) in [5.41, 5.74) is 1.68. The average molecular weight is 442 g/mol. The zero-order valence-electron chi connectivity index (χ0n) is 20.3. The van der Waals surface area contributed by atoms with E-state index in [2.05, 4.69) is 34.6 Å². The molecule has 176 valence electrons. The van der Waals surface area contributed by atoms with Crippen molar-refractivity contribution >= 4 is 5.91 Å². The van der Waals surface area contributed by atoms with Crippen LogP contribution in [0.1, 0.15) is 94.6 Å². The van der Waals surface area contributed by atoms with Crippen LogP contribution in [0.25, 0.3) is 0 Å². The number of aromatic hydroxyl groups is 1. The van der Waals surface area contributed by atoms with Gasteiger partial charge in [0.05, 0.1) is 18.2 Å². The molecular formula is C27H39NO4. The fraction of sp³-hybridized carbons (Fsp3) is 0.741. The molecule has 1 aromatic carbocycles. The molecule has 5 heteroatoms. The number of carbonyl (C=O) groups is 1. The number of hydrogen-bond donors (Lipinski definition) is 2. The molecule has 2 aliphatic heterocycles. The van der Waals surface area contributed by atoms with E-state index < -0.39 is 0 Å². The van der Waals surface area contributed by atoms with Crippen molar-refractivity contribution in [3.63, 3.8) is 0 Å². The van der Waals surface area contributed by atoms with Crippen molar-refractivity contribution in [1.82, 2.24) is 4.90 Å². The van der Waals surface area contributed by atoms with Gasteiger partial charge in [0, 0.05) is 29.0 Å². The third-order valence-corrected chi connectivity index (χ3v) is 9.99. The standard InChI is InChI=1S/C27H39NO4/c1-6-7-12-28-15-19-17(24(28)31)13-20(29)18-14-26(5)16(2)8-9-21-25(3,4)22(30)10-11-27(21,26)32-23(18)19/h13,16,21-22,29-30H,6-12,14-15H2,1-5H3/t16-,21-,22-,26+,27-/m0/s1. The summed E-state index contributed by atoms with van der Waals surface area (Å²) in [5, 5.41) is 22.0. The molecule has 2 N–H and O–H groups in total. The number of hydrogen-bond acceptors (Lipinski definition) is 4. The SMILES string of the molecule is CCCCN1Cc2c(cc(O)c3c2O[C@@]24CC[C@H](O)C(C)(C)[C@@H]2CC[C@H](C)[C@@]4(C)C3)C1=O. The first-order valence-electron chi connectivity index (χ1n) is 12.6. The highest BCUT2D eigenvalue weighted by Crippen LogP contribution is 2.67. The van der Waals surface area contributed by atoms with E-state index in [9.17, 15) is 15.0 Å². The number of nitrogens with zero attached hydrogens (tertiary/aromatic N) is 1. The van der Waals surface area contributed by atoms with Crippen LogP contribution < -0.4 is 4.74 Å². The first-order valence-corrected chi connectivity index (χ1v) is 12.6. The van der Waals surface area contributed by atoms with E-state index in [0.29, 0.717) is 18.0 Å². The van der Waals surface area contributed by atoms with E-state index in [0.717, 1.165) is 68.4 Å². The molecule has 0 saturated heterocycles. The number of carbonyl (C=O) groups excluding carboxylic acids is 1. The summed E-state index contributed by atoms with van der Waals surface area (Å²) >= 11 is 0. The number of ether oxygens (including phenoxy) is 1. The van der Waals surface area contributed by atoms with Gasteiger partial charge in [0.2, 0.25) is 0 Å². The molecule has 5 rings (SSSR count). The molecule has 2 heterocycles. The van der Waals surface area contributed by atoms with E-state index >= 15 is 0 Å². The third-order valence-electron chi connectivity index (χ3n) is 9.99. The van der Waals surface area contributed by atoms with Gasteiger partial charge in [0.25, 0.3) is 5.91 Å². The molecule has 0 bridgehead atoms. The van der Waals surface area contributed by atoms with Crippen LogP contribution in [0.2, 0.25) is 0 Å². The highest BCUT2D eigenvalue weighted by Gasteiger charge is 2.67. The zero-order valence-corrected chi connectivity index (χ0v) is 20.3. The lowest BCUT2D eigenvalue weighted by Crippen LogP contribution is -2.70. The first kappa shape index (κ1) is 22.1. The highest BCUT2D eigenvalue weighted by molar-refractivity contribution is 6.00. The Kier molecular flexibility index (Phi) is 4.91. The number of amides is 1. The highest BCUT2D eigenvalue weighted by atomic mass is 16.5. The summed E-state index contributed by atoms with van der Waals surface area (Å²) in [7, 11) is 0. The molecule has 0 aromatic heterocycles. The van der Waals surface area contributed by atoms with Crippen molar-refractivity contribution in [2.24, 2.45) is 22.7 Å². The quantitative estimate of drug-likeness (QED) is 0.688. The monoisotopic (exact) mass is 441 g/mol. The Morgan fingerprint density at radius 1 is 1.19 bits per heavy atom. The number of phenols is 1. The minimum atomic E-state index is -0.387. The number of benzene rings is 1. The van der Waals surface area contributed by atoms with Gasteiger partial charge >= 0.3 is 0 Å². The molecule has 0 radical (unpaired) electrons. The van der Waals surface area contributed by atoms with Gasteiger partial charge in [-0.05, 0) is 55.9 Å². The van der Waals surface area contributed by atoms with Gasteiger partial charge in [0.1, 0.15) is 17.1 Å². The van der Waals surface area contributed by atoms with Gasteiger partial charge in [-0.2, -0.15) is 0 Å². The Balaban J connectivity index is 1.65. The average Bonchev–Trinajstić information content (AvgIpc) is 3.05. The smallest absolute Gasteiger partial charge is 0.254 e. The lowest BCUT2D eigenvalue weighted by Gasteiger charge is -2.67. The predicted octanol–water partition coefficient (Wildman–Crippen LogP) is 5.06. The van der Waals surface area contributed by atoms with Crippen LogP contribution in [0.5, 0.6) is 11.5 Å². The summed E-state index contributed by atoms with van der Waals surface area (Å²) in [6.45, 7) is 12.5. The van der Waals surface area contributed by atoms with Gasteiger partial charge in [-0.3, -0.25) is 4.79 Å². The summed E-state index contributed by atoms with van der Waals surface area (Å²) in [5.74, 6) is 1.66. The van der Waals surface area contributed by atoms with E-state index in [4.69, 9.17) is 4.74 Å². The van der Waals surface area contributed by atoms with Gasteiger partial charge in [-0.25, -0.2) is 0 Å². The van der Waals surface area contributed by atoms with Gasteiger partial charge in [-0.15, -0.1) is 0 Å². The molecule has 5 atom stereocenters. The maximum Gasteiger partial charge on any atom is 0.254 e. The Bertz CT molecular complexity index is 955. The molecule has 1 amide bonds. The number of unbranched alkanes of at least 4 members (excludes halogenated alkanes) is 1. The minimum absolute atomic E-state index is 0.00828. The molecule has 1 spiro atoms. The zero-order chi connectivity index (χ0) is 23.1. The fourth-order valence-electron chi connectivity index (χ4n) is 7.62. The Morgan fingerprint density at radius 3 is 2.66 bits per heavy atom. The second kappa shape index (κ2) is 7.12. The Hall–Kier alpha value is -1.75. The minimum Gasteiger partial charge on any atom is -0.508 e. The van der Waals surface area contributed by atoms with Gasteiger partial charge in [-0.1, -0.05) is 41.0 Å². The summed E-state index contributed by atoms with van der Waals surface area (Å²) in [6.07, 6.45) is 6.13. The predicted molar refractivity (Wildman–Crippen MR) is 124 cm³/mol. The van der Waals surface area contributed by atoms with Crippen molar-refractivity contribution < 1.29 is 19.7 Å². The first-order chi connectivity index (χ1) is 15.1. The molecule has 2 saturated carbocycles. The summed E-state index contributed by atoms with van der Waals surface area (Å²) in [6, 6.07) is 1.69. The van der Waals surface area contributed by atoms with E-state index in [1.165, 1.54) is 0 Å². The van der Waals surface area contributed by atoms with Crippen LogP contribution in [-0.4, -0.2) is 39.3 Å². The van der Waals surface area contributed by atoms with Crippen LogP contribution in [-0.2, 0) is 13.0 Å². The molecule has 0 unspecified atom stereocenters. The second-order valence-corrected chi connectivity index (χ2v) is 11.8. The van der Waals surface area contributed by atoms with Crippen molar-refractivity contribution in [1.29, 1.82) is 0 Å². The van der Waals surface area contributed by atoms with Crippen LogP contribution in [0.3, 0.4) is 0 Å². The number of phenolic OH excluding ortho intramolecular Hbond substituents is 1. The lowest BCUT2D eigenvalue weighted by molar-refractivity contribution is -0.233. The fourth-order valence-corrected chi connectivity index (χ4v) is 7.62. The van der Waals surface area contributed by atoms with E-state index in [-0.39, 0.29) is 40.1 Å². The molecule has 4 aliphatic rings. The summed E-state index contributed by atoms with van der Waals surface area (Å²) in [4.78, 5) is 15.0. The maximum absolute atomic E-state index is 13.1. The van der Waals surface area contributed by atoms with Crippen LogP contribution in [0.15, 0.2) is 6.07 Å². The van der Waals surface area contributed by atoms with Crippen molar-refractivity contribution in [2.45, 2.75) is 97.8 Å². The lowest BCUT2D eigenvalue weighted by atomic mass is 9.43. The molecule has 2 aliphatic carbocycles. The van der Waals surface area contributed by atoms with E-state index in [1.807, 2.05) is 4.90 Å². The van der Waals surface area contributed by atoms with E-state index in [1.54, 1.807) is 6.07 Å². The molecule has 32 heavy (non-hydrogen) atoms. The van der Waals surface area contributed by atoms with Gasteiger partial charge in [0.15, 0.2) is 0 Å². The second-order valence-electron chi connectivity index (χ2n) is 11.8. The molecule has 5 nitrogen and oxygen atoms in total. The topological polar surface area (TPSA) is 70.0 Å². The number of fused-ring (bicyclic) bond motifs is 3. The number of rotatable bonds is 3. The Labute approximate surface area is 192 Å². The maximum atomic E-state index is 13.1.